The van der Waals surface area contributed by atoms with Crippen LogP contribution >= 0.6 is 0 Å². The van der Waals surface area contributed by atoms with Crippen molar-refractivity contribution in [2.45, 2.75) is 57.5 Å². The van der Waals surface area contributed by atoms with Crippen molar-refractivity contribution >= 4 is 23.5 Å². The Labute approximate surface area is 250 Å². The van der Waals surface area contributed by atoms with E-state index in [-0.39, 0.29) is 48.4 Å². The number of carbonyl (C=O) groups is 3. The Morgan fingerprint density at radius 1 is 1.07 bits per heavy atom. The normalized spacial score (nSPS) is 15.6. The summed E-state index contributed by atoms with van der Waals surface area (Å²) in [7, 11) is 0. The van der Waals surface area contributed by atoms with Gasteiger partial charge in [-0.3, -0.25) is 24.4 Å². The van der Waals surface area contributed by atoms with Crippen molar-refractivity contribution in [1.82, 2.24) is 15.6 Å². The van der Waals surface area contributed by atoms with E-state index in [0.29, 0.717) is 24.4 Å². The van der Waals surface area contributed by atoms with Crippen molar-refractivity contribution in [3.8, 4) is 16.9 Å². The molecule has 0 spiro atoms. The maximum absolute atomic E-state index is 13.1. The van der Waals surface area contributed by atoms with Crippen LogP contribution in [0.2, 0.25) is 0 Å². The molecule has 43 heavy (non-hydrogen) atoms. The number of amidine groups is 1. The standard InChI is InChI=1S/C33H38N4O6/c1-33(2,3)26-11-22(21-5-4-6-34-16-21)10-23(12-26)24(15-31(41)42)13-28(39)17-37-32(43)25-7-20(8-27(38)14-25)9-30-35-18-29(40)19-36-30/h4-8,10-12,14,16,24,29,38,40H,9,13,15,17-19H2,1-3H3,(H,35,36)(H,37,43)(H,41,42)/t24-/m0/s1. The molecule has 1 aromatic heterocycles. The van der Waals surface area contributed by atoms with Crippen molar-refractivity contribution in [3.05, 3.63) is 83.2 Å². The summed E-state index contributed by atoms with van der Waals surface area (Å²) < 4.78 is 0. The zero-order valence-corrected chi connectivity index (χ0v) is 24.6. The monoisotopic (exact) mass is 586 g/mol. The van der Waals surface area contributed by atoms with Gasteiger partial charge in [0.15, 0.2) is 5.78 Å². The Bertz CT molecular complexity index is 1510. The lowest BCUT2D eigenvalue weighted by Gasteiger charge is -2.24. The summed E-state index contributed by atoms with van der Waals surface area (Å²) in [4.78, 5) is 46.3. The van der Waals surface area contributed by atoms with Gasteiger partial charge in [0.05, 0.1) is 25.6 Å². The number of aliphatic hydroxyl groups is 1. The second-order valence-corrected chi connectivity index (χ2v) is 11.9. The molecule has 3 aromatic rings. The molecule has 10 heteroatoms. The second-order valence-electron chi connectivity index (χ2n) is 11.9. The molecule has 1 amide bonds. The highest BCUT2D eigenvalue weighted by Crippen LogP contribution is 2.34. The van der Waals surface area contributed by atoms with Crippen LogP contribution in [-0.4, -0.2) is 69.5 Å². The molecular weight excluding hydrogens is 548 g/mol. The van der Waals surface area contributed by atoms with Gasteiger partial charge in [-0.2, -0.15) is 0 Å². The molecular formula is C33H38N4O6. The number of aromatic nitrogens is 1. The first-order valence-electron chi connectivity index (χ1n) is 14.2. The number of Topliss-reactive ketones (excluding diaryl/α,β-unsaturated/α-hetero) is 1. The first-order chi connectivity index (χ1) is 20.4. The van der Waals surface area contributed by atoms with Gasteiger partial charge >= 0.3 is 5.97 Å². The van der Waals surface area contributed by atoms with Crippen molar-refractivity contribution in [3.63, 3.8) is 0 Å². The van der Waals surface area contributed by atoms with E-state index in [1.54, 1.807) is 18.5 Å². The zero-order chi connectivity index (χ0) is 31.1. The Morgan fingerprint density at radius 3 is 2.51 bits per heavy atom. The van der Waals surface area contributed by atoms with Crippen LogP contribution < -0.4 is 10.6 Å². The quantitative estimate of drug-likeness (QED) is 0.228. The van der Waals surface area contributed by atoms with E-state index < -0.39 is 23.9 Å². The Kier molecular flexibility index (Phi) is 9.92. The van der Waals surface area contributed by atoms with Gasteiger partial charge in [0.2, 0.25) is 0 Å². The molecule has 0 saturated carbocycles. The van der Waals surface area contributed by atoms with Crippen LogP contribution in [0.5, 0.6) is 5.75 Å². The van der Waals surface area contributed by atoms with Crippen molar-refractivity contribution in [2.75, 3.05) is 19.6 Å². The molecule has 2 aromatic carbocycles. The maximum Gasteiger partial charge on any atom is 0.303 e. The highest BCUT2D eigenvalue weighted by Gasteiger charge is 2.24. The number of β-amino-alcohol motifs (C(OH)–C–C–N with tert-alkyl or cyclic N) is 1. The molecule has 226 valence electrons. The molecule has 1 aliphatic heterocycles. The van der Waals surface area contributed by atoms with Crippen molar-refractivity contribution in [2.24, 2.45) is 4.99 Å². The third kappa shape index (κ3) is 8.96. The van der Waals surface area contributed by atoms with Gasteiger partial charge in [0.1, 0.15) is 11.6 Å². The van der Waals surface area contributed by atoms with E-state index in [1.807, 2.05) is 24.3 Å². The number of amides is 1. The van der Waals surface area contributed by atoms with Gasteiger partial charge in [0.25, 0.3) is 5.91 Å². The lowest BCUT2D eigenvalue weighted by atomic mass is 9.81. The number of ketones is 1. The van der Waals surface area contributed by atoms with Gasteiger partial charge < -0.3 is 26.0 Å². The van der Waals surface area contributed by atoms with Crippen LogP contribution in [-0.2, 0) is 21.4 Å². The van der Waals surface area contributed by atoms with Gasteiger partial charge in [-0.1, -0.05) is 45.0 Å². The topological polar surface area (TPSA) is 161 Å². The number of phenols is 1. The number of nitrogens with one attached hydrogen (secondary N) is 2. The number of aromatic hydroxyl groups is 1. The maximum atomic E-state index is 13.1. The molecule has 0 aliphatic carbocycles. The van der Waals surface area contributed by atoms with Crippen LogP contribution in [0.15, 0.2) is 65.9 Å². The van der Waals surface area contributed by atoms with Gasteiger partial charge in [-0.15, -0.1) is 0 Å². The van der Waals surface area contributed by atoms with E-state index in [0.717, 1.165) is 22.3 Å². The molecule has 2 heterocycles. The van der Waals surface area contributed by atoms with Crippen LogP contribution in [0.4, 0.5) is 0 Å². The third-order valence-corrected chi connectivity index (χ3v) is 7.27. The molecule has 0 bridgehead atoms. The van der Waals surface area contributed by atoms with Crippen LogP contribution in [0.1, 0.15) is 66.6 Å². The predicted molar refractivity (Wildman–Crippen MR) is 163 cm³/mol. The molecule has 1 unspecified atom stereocenters. The number of hydrogen-bond acceptors (Lipinski definition) is 8. The number of carboxylic acids is 1. The predicted octanol–water partition coefficient (Wildman–Crippen LogP) is 3.60. The summed E-state index contributed by atoms with van der Waals surface area (Å²) in [5.74, 6) is -1.94. The molecule has 0 fully saturated rings. The molecule has 0 radical (unpaired) electrons. The van der Waals surface area contributed by atoms with Crippen LogP contribution in [0.3, 0.4) is 0 Å². The molecule has 1 aliphatic rings. The van der Waals surface area contributed by atoms with Crippen LogP contribution in [0.25, 0.3) is 11.1 Å². The fourth-order valence-electron chi connectivity index (χ4n) is 4.96. The minimum Gasteiger partial charge on any atom is -0.508 e. The first kappa shape index (κ1) is 31.4. The first-order valence-corrected chi connectivity index (χ1v) is 14.2. The van der Waals surface area contributed by atoms with E-state index in [1.165, 1.54) is 12.1 Å². The lowest BCUT2D eigenvalue weighted by Crippen LogP contribution is -2.39. The number of rotatable bonds is 11. The number of phenolic OH excluding ortho intramolecular Hbond substituents is 1. The average molecular weight is 587 g/mol. The minimum atomic E-state index is -1.02. The van der Waals surface area contributed by atoms with E-state index >= 15 is 0 Å². The summed E-state index contributed by atoms with van der Waals surface area (Å²) in [5, 5.41) is 35.1. The van der Waals surface area contributed by atoms with Crippen molar-refractivity contribution < 1.29 is 29.7 Å². The smallest absolute Gasteiger partial charge is 0.303 e. The minimum absolute atomic E-state index is 0.0741. The number of pyridine rings is 1. The second kappa shape index (κ2) is 13.6. The van der Waals surface area contributed by atoms with E-state index in [9.17, 15) is 29.7 Å². The number of benzene rings is 2. The molecule has 5 N–H and O–H groups in total. The Hall–Kier alpha value is -4.57. The summed E-state index contributed by atoms with van der Waals surface area (Å²) in [6.45, 7) is 6.58. The number of carbonyl (C=O) groups excluding carboxylic acids is 2. The van der Waals surface area contributed by atoms with E-state index in [4.69, 9.17) is 0 Å². The largest absolute Gasteiger partial charge is 0.508 e. The highest BCUT2D eigenvalue weighted by molar-refractivity contribution is 5.97. The fourth-order valence-corrected chi connectivity index (χ4v) is 4.96. The number of carboxylic acid groups (broad SMARTS) is 1. The summed E-state index contributed by atoms with van der Waals surface area (Å²) in [5.41, 5.74) is 4.11. The summed E-state index contributed by atoms with van der Waals surface area (Å²) in [6.07, 6.45) is 2.90. The van der Waals surface area contributed by atoms with Gasteiger partial charge in [-0.05, 0) is 51.9 Å². The molecule has 0 saturated heterocycles. The van der Waals surface area contributed by atoms with Crippen LogP contribution in [0, 0.1) is 0 Å². The number of aliphatic imine (C=N–C) groups is 1. The fraction of sp³-hybridized carbons (Fsp3) is 0.364. The molecule has 10 nitrogen and oxygen atoms in total. The lowest BCUT2D eigenvalue weighted by molar-refractivity contribution is -0.137. The molecule has 2 atom stereocenters. The van der Waals surface area contributed by atoms with Crippen molar-refractivity contribution in [1.29, 1.82) is 0 Å². The zero-order valence-electron chi connectivity index (χ0n) is 24.6. The SMILES string of the molecule is CC(C)(C)c1cc(-c2cccnc2)cc([C@H](CC(=O)O)CC(=O)CNC(=O)c2cc(O)cc(CC3=NCC(O)CN3)c2)c1. The average Bonchev–Trinajstić information content (AvgIpc) is 2.96. The molecule has 4 rings (SSSR count). The number of aliphatic hydroxyl groups excluding tert-OH is 1. The van der Waals surface area contributed by atoms with Gasteiger partial charge in [-0.25, -0.2) is 0 Å². The number of aliphatic carboxylic acids is 1. The Morgan fingerprint density at radius 2 is 1.86 bits per heavy atom. The number of hydrogen-bond donors (Lipinski definition) is 5. The number of nitrogens with zero attached hydrogens (tertiary/aromatic N) is 2. The highest BCUT2D eigenvalue weighted by atomic mass is 16.4. The summed E-state index contributed by atoms with van der Waals surface area (Å²) >= 11 is 0. The van der Waals surface area contributed by atoms with Gasteiger partial charge in [0, 0.05) is 48.8 Å². The summed E-state index contributed by atoms with van der Waals surface area (Å²) in [6, 6.07) is 14.1. The van der Waals surface area contributed by atoms with E-state index in [2.05, 4.69) is 47.4 Å². The Balaban J connectivity index is 1.48. The third-order valence-electron chi connectivity index (χ3n) is 7.27.